The number of hydrogen-bond donors (Lipinski definition) is 1. The molecule has 0 saturated carbocycles. The van der Waals surface area contributed by atoms with Crippen LogP contribution in [0, 0.1) is 5.82 Å². The van der Waals surface area contributed by atoms with Crippen LogP contribution in [-0.2, 0) is 9.53 Å². The molecule has 4 nitrogen and oxygen atoms in total. The zero-order valence-corrected chi connectivity index (χ0v) is 10.2. The maximum absolute atomic E-state index is 13.4. The summed E-state index contributed by atoms with van der Waals surface area (Å²) in [5.41, 5.74) is 2.62. The molecule has 0 fully saturated rings. The topological polar surface area (TPSA) is 50.7 Å². The summed E-state index contributed by atoms with van der Waals surface area (Å²) >= 11 is 5.59. The third-order valence-electron chi connectivity index (χ3n) is 1.87. The molecule has 0 aromatic heterocycles. The minimum atomic E-state index is -0.616. The molecule has 0 radical (unpaired) electrons. The summed E-state index contributed by atoms with van der Waals surface area (Å²) in [6.45, 7) is 3.42. The van der Waals surface area contributed by atoms with Crippen LogP contribution in [0.2, 0.25) is 5.02 Å². The van der Waals surface area contributed by atoms with E-state index >= 15 is 0 Å². The molecule has 0 aliphatic carbocycles. The van der Waals surface area contributed by atoms with Crippen molar-refractivity contribution < 1.29 is 13.9 Å². The van der Waals surface area contributed by atoms with Crippen molar-refractivity contribution in [2.75, 3.05) is 12.0 Å². The summed E-state index contributed by atoms with van der Waals surface area (Å²) in [5.74, 6) is -1.17. The number of hydrazone groups is 1. The van der Waals surface area contributed by atoms with Crippen LogP contribution in [0.15, 0.2) is 23.3 Å². The highest BCUT2D eigenvalue weighted by Crippen LogP contribution is 2.21. The summed E-state index contributed by atoms with van der Waals surface area (Å²) < 4.78 is 18.1. The lowest BCUT2D eigenvalue weighted by molar-refractivity contribution is -0.135. The molecule has 0 bridgehead atoms. The number of nitrogens with one attached hydrogen (secondary N) is 1. The smallest absolute Gasteiger partial charge is 0.354 e. The first kappa shape index (κ1) is 13.4. The van der Waals surface area contributed by atoms with Gasteiger partial charge in [-0.3, -0.25) is 5.43 Å². The molecule has 0 unspecified atom stereocenters. The molecule has 1 aromatic rings. The van der Waals surface area contributed by atoms with E-state index in [0.717, 1.165) is 0 Å². The summed E-state index contributed by atoms with van der Waals surface area (Å²) in [4.78, 5) is 11.2. The molecule has 0 amide bonds. The van der Waals surface area contributed by atoms with Crippen molar-refractivity contribution >= 4 is 29.0 Å². The number of anilines is 1. The average molecular weight is 259 g/mol. The van der Waals surface area contributed by atoms with E-state index in [2.05, 4.69) is 10.5 Å². The number of esters is 1. The quantitative estimate of drug-likeness (QED) is 0.513. The standard InChI is InChI=1S/C11H12ClFN2O2/c1-3-17-11(16)7(2)14-15-9-6-4-5-8(12)10(9)13/h4-6,15H,3H2,1-2H3. The van der Waals surface area contributed by atoms with Crippen molar-refractivity contribution in [1.29, 1.82) is 0 Å². The van der Waals surface area contributed by atoms with Crippen molar-refractivity contribution in [3.8, 4) is 0 Å². The van der Waals surface area contributed by atoms with Gasteiger partial charge in [0.25, 0.3) is 0 Å². The molecule has 0 saturated heterocycles. The largest absolute Gasteiger partial charge is 0.461 e. The lowest BCUT2D eigenvalue weighted by atomic mass is 10.3. The second kappa shape index (κ2) is 6.20. The molecule has 92 valence electrons. The van der Waals surface area contributed by atoms with Crippen molar-refractivity contribution in [3.63, 3.8) is 0 Å². The third kappa shape index (κ3) is 3.71. The summed E-state index contributed by atoms with van der Waals surface area (Å²) in [7, 11) is 0. The van der Waals surface area contributed by atoms with E-state index in [1.165, 1.54) is 19.1 Å². The molecule has 0 spiro atoms. The number of rotatable bonds is 4. The van der Waals surface area contributed by atoms with Crippen molar-refractivity contribution in [3.05, 3.63) is 29.0 Å². The first-order chi connectivity index (χ1) is 8.06. The Hall–Kier alpha value is -1.62. The van der Waals surface area contributed by atoms with Gasteiger partial charge in [0.2, 0.25) is 0 Å². The normalized spacial score (nSPS) is 11.2. The van der Waals surface area contributed by atoms with Crippen LogP contribution in [0.3, 0.4) is 0 Å². The molecule has 0 aliphatic rings. The summed E-state index contributed by atoms with van der Waals surface area (Å²) in [6.07, 6.45) is 0. The van der Waals surface area contributed by atoms with Gasteiger partial charge in [0.05, 0.1) is 17.3 Å². The molecule has 1 N–H and O–H groups in total. The van der Waals surface area contributed by atoms with Gasteiger partial charge in [-0.15, -0.1) is 0 Å². The molecular weight excluding hydrogens is 247 g/mol. The van der Waals surface area contributed by atoms with Crippen LogP contribution in [-0.4, -0.2) is 18.3 Å². The fraction of sp³-hybridized carbons (Fsp3) is 0.273. The fourth-order valence-corrected chi connectivity index (χ4v) is 1.19. The highest BCUT2D eigenvalue weighted by molar-refractivity contribution is 6.35. The maximum Gasteiger partial charge on any atom is 0.354 e. The Morgan fingerprint density at radius 1 is 1.59 bits per heavy atom. The zero-order valence-electron chi connectivity index (χ0n) is 9.46. The van der Waals surface area contributed by atoms with Crippen LogP contribution in [0.4, 0.5) is 10.1 Å². The molecule has 1 aromatic carbocycles. The van der Waals surface area contributed by atoms with Gasteiger partial charge in [0.1, 0.15) is 5.71 Å². The summed E-state index contributed by atoms with van der Waals surface area (Å²) in [5, 5.41) is 3.69. The van der Waals surface area contributed by atoms with Gasteiger partial charge in [-0.25, -0.2) is 9.18 Å². The zero-order chi connectivity index (χ0) is 12.8. The number of ether oxygens (including phenoxy) is 1. The molecule has 6 heteroatoms. The number of nitrogens with zero attached hydrogens (tertiary/aromatic N) is 1. The SMILES string of the molecule is CCOC(=O)C(C)=NNc1cccc(Cl)c1F. The summed E-state index contributed by atoms with van der Waals surface area (Å²) in [6, 6.07) is 4.45. The highest BCUT2D eigenvalue weighted by atomic mass is 35.5. The van der Waals surface area contributed by atoms with E-state index in [4.69, 9.17) is 16.3 Å². The van der Waals surface area contributed by atoms with Crippen LogP contribution in [0.5, 0.6) is 0 Å². The Balaban J connectivity index is 2.75. The first-order valence-corrected chi connectivity index (χ1v) is 5.35. The highest BCUT2D eigenvalue weighted by Gasteiger charge is 2.08. The van der Waals surface area contributed by atoms with Gasteiger partial charge >= 0.3 is 5.97 Å². The van der Waals surface area contributed by atoms with Crippen LogP contribution >= 0.6 is 11.6 Å². The van der Waals surface area contributed by atoms with Crippen LogP contribution in [0.1, 0.15) is 13.8 Å². The Morgan fingerprint density at radius 2 is 2.29 bits per heavy atom. The molecule has 1 rings (SSSR count). The van der Waals surface area contributed by atoms with Gasteiger partial charge in [-0.2, -0.15) is 5.10 Å². The number of carbonyl (C=O) groups excluding carboxylic acids is 1. The van der Waals surface area contributed by atoms with E-state index in [-0.39, 0.29) is 23.0 Å². The molecule has 0 atom stereocenters. The number of hydrogen-bond acceptors (Lipinski definition) is 4. The van der Waals surface area contributed by atoms with Gasteiger partial charge in [0.15, 0.2) is 5.82 Å². The Kier molecular flexibility index (Phi) is 4.90. The average Bonchev–Trinajstić information content (AvgIpc) is 2.31. The van der Waals surface area contributed by atoms with E-state index in [1.54, 1.807) is 13.0 Å². The fourth-order valence-electron chi connectivity index (χ4n) is 1.02. The van der Waals surface area contributed by atoms with Gasteiger partial charge < -0.3 is 4.74 Å². The third-order valence-corrected chi connectivity index (χ3v) is 2.16. The lowest BCUT2D eigenvalue weighted by Gasteiger charge is -2.05. The molecule has 0 aliphatic heterocycles. The van der Waals surface area contributed by atoms with E-state index in [9.17, 15) is 9.18 Å². The van der Waals surface area contributed by atoms with Gasteiger partial charge in [0, 0.05) is 0 Å². The second-order valence-electron chi connectivity index (χ2n) is 3.13. The predicted molar refractivity (Wildman–Crippen MR) is 64.8 cm³/mol. The van der Waals surface area contributed by atoms with Crippen LogP contribution in [0.25, 0.3) is 0 Å². The molecule has 17 heavy (non-hydrogen) atoms. The van der Waals surface area contributed by atoms with E-state index in [1.807, 2.05) is 0 Å². The minimum absolute atomic E-state index is 0.0148. The van der Waals surface area contributed by atoms with Gasteiger partial charge in [-0.1, -0.05) is 17.7 Å². The van der Waals surface area contributed by atoms with Crippen molar-refractivity contribution in [2.45, 2.75) is 13.8 Å². The Labute approximate surface area is 103 Å². The van der Waals surface area contributed by atoms with Crippen molar-refractivity contribution in [2.24, 2.45) is 5.10 Å². The van der Waals surface area contributed by atoms with Crippen LogP contribution < -0.4 is 5.43 Å². The number of carbonyl (C=O) groups is 1. The van der Waals surface area contributed by atoms with Crippen molar-refractivity contribution in [1.82, 2.24) is 0 Å². The Bertz CT molecular complexity index is 449. The van der Waals surface area contributed by atoms with E-state index < -0.39 is 11.8 Å². The molecule has 0 heterocycles. The maximum atomic E-state index is 13.4. The number of benzene rings is 1. The first-order valence-electron chi connectivity index (χ1n) is 4.97. The predicted octanol–water partition coefficient (Wildman–Crippen LogP) is 2.83. The number of halogens is 2. The lowest BCUT2D eigenvalue weighted by Crippen LogP contribution is -2.15. The Morgan fingerprint density at radius 3 is 2.94 bits per heavy atom. The van der Waals surface area contributed by atoms with E-state index in [0.29, 0.717) is 0 Å². The monoisotopic (exact) mass is 258 g/mol. The van der Waals surface area contributed by atoms with Gasteiger partial charge in [-0.05, 0) is 26.0 Å². The minimum Gasteiger partial charge on any atom is -0.461 e. The second-order valence-corrected chi connectivity index (χ2v) is 3.54. The molecular formula is C11H12ClFN2O2.